The lowest BCUT2D eigenvalue weighted by molar-refractivity contribution is -0.112. The van der Waals surface area contributed by atoms with Crippen molar-refractivity contribution < 1.29 is 9.59 Å². The molecule has 2 aromatic rings. The highest BCUT2D eigenvalue weighted by Gasteiger charge is 2.29. The number of hydrogen-bond donors (Lipinski definition) is 1. The van der Waals surface area contributed by atoms with Crippen molar-refractivity contribution in [2.45, 2.75) is 6.54 Å². The van der Waals surface area contributed by atoms with Crippen molar-refractivity contribution in [2.75, 3.05) is 17.3 Å². The first-order valence-corrected chi connectivity index (χ1v) is 8.14. The minimum absolute atomic E-state index is 0.334. The molecule has 3 rings (SSSR count). The van der Waals surface area contributed by atoms with Gasteiger partial charge in [-0.3, -0.25) is 9.59 Å². The van der Waals surface area contributed by atoms with Crippen molar-refractivity contribution in [1.82, 2.24) is 0 Å². The highest BCUT2D eigenvalue weighted by molar-refractivity contribution is 9.10. The maximum absolute atomic E-state index is 11.6. The zero-order chi connectivity index (χ0) is 15.1. The Balaban J connectivity index is 1.91. The normalized spacial score (nSPS) is 13.3. The third-order valence-electron chi connectivity index (χ3n) is 3.21. The number of carbonyl (C=O) groups is 2. The van der Waals surface area contributed by atoms with Crippen LogP contribution in [0.2, 0.25) is 5.02 Å². The summed E-state index contributed by atoms with van der Waals surface area (Å²) in [7, 11) is 1.92. The zero-order valence-electron chi connectivity index (χ0n) is 10.9. The van der Waals surface area contributed by atoms with Gasteiger partial charge in [-0.25, -0.2) is 0 Å². The van der Waals surface area contributed by atoms with Crippen LogP contribution in [-0.2, 0) is 11.3 Å². The van der Waals surface area contributed by atoms with Crippen LogP contribution in [0.5, 0.6) is 0 Å². The largest absolute Gasteiger partial charge is 0.368 e. The second-order valence-electron chi connectivity index (χ2n) is 4.72. The Labute approximate surface area is 138 Å². The number of fused-ring (bicyclic) bond motifs is 1. The Hall–Kier alpha value is -1.37. The highest BCUT2D eigenvalue weighted by Crippen LogP contribution is 2.35. The van der Waals surface area contributed by atoms with Gasteiger partial charge >= 0.3 is 0 Å². The number of halogens is 2. The quantitative estimate of drug-likeness (QED) is 0.814. The Morgan fingerprint density at radius 2 is 2.10 bits per heavy atom. The van der Waals surface area contributed by atoms with Crippen molar-refractivity contribution in [1.29, 1.82) is 0 Å². The van der Waals surface area contributed by atoms with Crippen LogP contribution in [0.25, 0.3) is 0 Å². The number of rotatable bonds is 3. The SMILES string of the molecule is CN(Cc1cc(Br)cs1)c1cc2c(cc1Cl)C(=O)C(=O)N2. The molecule has 2 heterocycles. The number of benzene rings is 1. The molecular weight excluding hydrogens is 376 g/mol. The molecule has 0 atom stereocenters. The number of nitrogens with one attached hydrogen (secondary N) is 1. The number of nitrogens with zero attached hydrogens (tertiary/aromatic N) is 1. The lowest BCUT2D eigenvalue weighted by Gasteiger charge is -2.20. The summed E-state index contributed by atoms with van der Waals surface area (Å²) in [5, 5.41) is 5.03. The summed E-state index contributed by atoms with van der Waals surface area (Å²) in [4.78, 5) is 26.2. The summed E-state index contributed by atoms with van der Waals surface area (Å²) >= 11 is 11.3. The van der Waals surface area contributed by atoms with E-state index < -0.39 is 11.7 Å². The molecule has 0 aliphatic carbocycles. The van der Waals surface area contributed by atoms with Gasteiger partial charge in [0.15, 0.2) is 0 Å². The van der Waals surface area contributed by atoms with E-state index in [4.69, 9.17) is 11.6 Å². The predicted molar refractivity (Wildman–Crippen MR) is 88.5 cm³/mol. The van der Waals surface area contributed by atoms with Crippen LogP contribution in [0, 0.1) is 0 Å². The standard InChI is InChI=1S/C14H10BrClN2O2S/c1-18(5-8-2-7(15)6-21-8)12-4-11-9(3-10(12)16)13(19)14(20)17-11/h2-4,6H,5H2,1H3,(H,17,19,20). The van der Waals surface area contributed by atoms with Crippen molar-refractivity contribution in [3.63, 3.8) is 0 Å². The first-order valence-electron chi connectivity index (χ1n) is 6.09. The Morgan fingerprint density at radius 3 is 2.76 bits per heavy atom. The van der Waals surface area contributed by atoms with Gasteiger partial charge in [-0.1, -0.05) is 11.6 Å². The van der Waals surface area contributed by atoms with Gasteiger partial charge in [-0.15, -0.1) is 11.3 Å². The number of anilines is 2. The second-order valence-corrected chi connectivity index (χ2v) is 7.04. The summed E-state index contributed by atoms with van der Waals surface area (Å²) in [5.41, 5.74) is 1.62. The fourth-order valence-corrected chi connectivity index (χ4v) is 4.01. The number of amides is 1. The molecule has 0 saturated carbocycles. The topological polar surface area (TPSA) is 49.4 Å². The molecule has 1 amide bonds. The van der Waals surface area contributed by atoms with Gasteiger partial charge < -0.3 is 10.2 Å². The number of Topliss-reactive ketones (excluding diaryl/α,β-unsaturated/α-hetero) is 1. The van der Waals surface area contributed by atoms with Crippen LogP contribution in [-0.4, -0.2) is 18.7 Å². The Morgan fingerprint density at radius 1 is 1.33 bits per heavy atom. The van der Waals surface area contributed by atoms with Gasteiger partial charge in [0.2, 0.25) is 0 Å². The molecule has 0 saturated heterocycles. The third kappa shape index (κ3) is 2.71. The van der Waals surface area contributed by atoms with E-state index in [1.165, 1.54) is 4.88 Å². The van der Waals surface area contributed by atoms with Crippen molar-refractivity contribution in [3.8, 4) is 0 Å². The maximum Gasteiger partial charge on any atom is 0.296 e. The smallest absolute Gasteiger partial charge is 0.296 e. The monoisotopic (exact) mass is 384 g/mol. The van der Waals surface area contributed by atoms with Gasteiger partial charge in [-0.2, -0.15) is 0 Å². The summed E-state index contributed by atoms with van der Waals surface area (Å²) in [6.07, 6.45) is 0. The molecule has 0 unspecified atom stereocenters. The molecule has 108 valence electrons. The third-order valence-corrected chi connectivity index (χ3v) is 5.20. The first-order chi connectivity index (χ1) is 9.95. The molecule has 0 radical (unpaired) electrons. The molecule has 1 N–H and O–H groups in total. The summed E-state index contributed by atoms with van der Waals surface area (Å²) in [6.45, 7) is 0.691. The van der Waals surface area contributed by atoms with Crippen molar-refractivity contribution in [2.24, 2.45) is 0 Å². The molecule has 0 spiro atoms. The summed E-state index contributed by atoms with van der Waals surface area (Å²) < 4.78 is 1.05. The molecule has 0 fully saturated rings. The van der Waals surface area contributed by atoms with E-state index in [2.05, 4.69) is 21.2 Å². The molecular formula is C14H10BrClN2O2S. The van der Waals surface area contributed by atoms with Crippen molar-refractivity contribution in [3.05, 3.63) is 43.5 Å². The highest BCUT2D eigenvalue weighted by atomic mass is 79.9. The van der Waals surface area contributed by atoms with E-state index in [1.807, 2.05) is 23.4 Å². The summed E-state index contributed by atoms with van der Waals surface area (Å²) in [6, 6.07) is 5.34. The van der Waals surface area contributed by atoms with E-state index in [0.29, 0.717) is 22.8 Å². The van der Waals surface area contributed by atoms with E-state index in [1.54, 1.807) is 23.5 Å². The summed E-state index contributed by atoms with van der Waals surface area (Å²) in [5.74, 6) is -1.15. The maximum atomic E-state index is 11.6. The van der Waals surface area contributed by atoms with Crippen LogP contribution < -0.4 is 10.2 Å². The van der Waals surface area contributed by atoms with Gasteiger partial charge in [0.05, 0.1) is 28.5 Å². The molecule has 1 aromatic heterocycles. The van der Waals surface area contributed by atoms with Crippen LogP contribution in [0.15, 0.2) is 28.1 Å². The number of carbonyl (C=O) groups excluding carboxylic acids is 2. The minimum Gasteiger partial charge on any atom is -0.368 e. The van der Waals surface area contributed by atoms with Crippen LogP contribution in [0.4, 0.5) is 11.4 Å². The lowest BCUT2D eigenvalue weighted by Crippen LogP contribution is -2.16. The molecule has 7 heteroatoms. The minimum atomic E-state index is -0.608. The number of ketones is 1. The second kappa shape index (κ2) is 5.44. The molecule has 21 heavy (non-hydrogen) atoms. The average molecular weight is 386 g/mol. The fourth-order valence-electron chi connectivity index (χ4n) is 2.20. The predicted octanol–water partition coefficient (Wildman–Crippen LogP) is 3.94. The number of hydrogen-bond acceptors (Lipinski definition) is 4. The van der Waals surface area contributed by atoms with Crippen LogP contribution >= 0.6 is 38.9 Å². The molecule has 4 nitrogen and oxygen atoms in total. The fraction of sp³-hybridized carbons (Fsp3) is 0.143. The van der Waals surface area contributed by atoms with Crippen LogP contribution in [0.1, 0.15) is 15.2 Å². The first kappa shape index (κ1) is 14.6. The van der Waals surface area contributed by atoms with E-state index >= 15 is 0 Å². The Bertz CT molecular complexity index is 759. The van der Waals surface area contributed by atoms with Gasteiger partial charge in [0.25, 0.3) is 11.7 Å². The lowest BCUT2D eigenvalue weighted by atomic mass is 10.1. The van der Waals surface area contributed by atoms with Gasteiger partial charge in [0, 0.05) is 21.8 Å². The average Bonchev–Trinajstić information content (AvgIpc) is 2.95. The molecule has 0 bridgehead atoms. The van der Waals surface area contributed by atoms with Gasteiger partial charge in [-0.05, 0) is 34.1 Å². The number of thiophene rings is 1. The molecule has 1 aliphatic heterocycles. The van der Waals surface area contributed by atoms with E-state index in [9.17, 15) is 9.59 Å². The van der Waals surface area contributed by atoms with Crippen LogP contribution in [0.3, 0.4) is 0 Å². The zero-order valence-corrected chi connectivity index (χ0v) is 14.1. The van der Waals surface area contributed by atoms with E-state index in [-0.39, 0.29) is 0 Å². The van der Waals surface area contributed by atoms with Crippen molar-refractivity contribution >= 4 is 61.9 Å². The Kier molecular flexibility index (Phi) is 3.77. The molecule has 1 aliphatic rings. The molecule has 1 aromatic carbocycles. The van der Waals surface area contributed by atoms with E-state index in [0.717, 1.165) is 10.2 Å². The van der Waals surface area contributed by atoms with Gasteiger partial charge in [0.1, 0.15) is 0 Å².